The quantitative estimate of drug-likeness (QED) is 0.910. The van der Waals surface area contributed by atoms with E-state index in [4.69, 9.17) is 5.73 Å². The summed E-state index contributed by atoms with van der Waals surface area (Å²) in [7, 11) is 0. The average Bonchev–Trinajstić information content (AvgIpc) is 2.81. The minimum absolute atomic E-state index is 0.0364. The van der Waals surface area contributed by atoms with Crippen molar-refractivity contribution in [2.45, 2.75) is 64.3 Å². The molecule has 1 aromatic carbocycles. The predicted molar refractivity (Wildman–Crippen MR) is 95.3 cm³/mol. The summed E-state index contributed by atoms with van der Waals surface area (Å²) in [6.45, 7) is 6.34. The lowest BCUT2D eigenvalue weighted by Gasteiger charge is -2.28. The zero-order chi connectivity index (χ0) is 16.6. The van der Waals surface area contributed by atoms with Crippen molar-refractivity contribution in [3.63, 3.8) is 0 Å². The van der Waals surface area contributed by atoms with Crippen molar-refractivity contribution in [2.24, 2.45) is 0 Å². The number of aromatic nitrogens is 2. The van der Waals surface area contributed by atoms with E-state index in [1.165, 1.54) is 19.3 Å². The molecular weight excluding hydrogens is 286 g/mol. The van der Waals surface area contributed by atoms with Gasteiger partial charge >= 0.3 is 0 Å². The van der Waals surface area contributed by atoms with Crippen LogP contribution in [0.2, 0.25) is 0 Å². The van der Waals surface area contributed by atoms with Gasteiger partial charge in [0.15, 0.2) is 0 Å². The third-order valence-corrected chi connectivity index (χ3v) is 4.75. The molecule has 3 rings (SSSR count). The van der Waals surface area contributed by atoms with E-state index in [9.17, 15) is 4.79 Å². The van der Waals surface area contributed by atoms with Gasteiger partial charge in [0.1, 0.15) is 5.69 Å². The van der Waals surface area contributed by atoms with E-state index in [-0.39, 0.29) is 17.0 Å². The number of hydrogen-bond acceptors (Lipinski definition) is 2. The Balaban J connectivity index is 2.28. The lowest BCUT2D eigenvalue weighted by Crippen LogP contribution is -2.30. The van der Waals surface area contributed by atoms with E-state index < -0.39 is 0 Å². The van der Waals surface area contributed by atoms with Gasteiger partial charge in [-0.15, -0.1) is 0 Å². The number of anilines is 1. The van der Waals surface area contributed by atoms with Crippen LogP contribution in [0, 0.1) is 0 Å². The Bertz CT molecular complexity index is 728. The molecule has 2 N–H and O–H groups in total. The maximum Gasteiger partial charge on any atom is 0.290 e. The summed E-state index contributed by atoms with van der Waals surface area (Å²) in [4.78, 5) is 12.9. The second-order valence-electron chi connectivity index (χ2n) is 7.60. The summed E-state index contributed by atoms with van der Waals surface area (Å²) in [5.74, 6) is 0. The van der Waals surface area contributed by atoms with Crippen LogP contribution in [0.1, 0.15) is 64.6 Å². The molecule has 1 heterocycles. The molecule has 1 saturated carbocycles. The normalized spacial score (nSPS) is 16.7. The fourth-order valence-electron chi connectivity index (χ4n) is 3.74. The Morgan fingerprint density at radius 1 is 1.04 bits per heavy atom. The smallest absolute Gasteiger partial charge is 0.290 e. The maximum absolute atomic E-state index is 12.9. The van der Waals surface area contributed by atoms with E-state index in [1.54, 1.807) is 0 Å². The summed E-state index contributed by atoms with van der Waals surface area (Å²) >= 11 is 0. The van der Waals surface area contributed by atoms with Gasteiger partial charge in [0.25, 0.3) is 5.56 Å². The number of benzene rings is 1. The monoisotopic (exact) mass is 313 g/mol. The zero-order valence-corrected chi connectivity index (χ0v) is 14.4. The Morgan fingerprint density at radius 2 is 1.65 bits per heavy atom. The molecule has 4 nitrogen and oxygen atoms in total. The van der Waals surface area contributed by atoms with Crippen LogP contribution in [0.25, 0.3) is 5.69 Å². The fourth-order valence-corrected chi connectivity index (χ4v) is 3.74. The summed E-state index contributed by atoms with van der Waals surface area (Å²) in [5.41, 5.74) is 8.37. The highest BCUT2D eigenvalue weighted by Crippen LogP contribution is 2.33. The molecule has 0 amide bonds. The molecule has 0 bridgehead atoms. The maximum atomic E-state index is 12.9. The van der Waals surface area contributed by atoms with Crippen LogP contribution in [0.15, 0.2) is 35.1 Å². The predicted octanol–water partition coefficient (Wildman–Crippen LogP) is 4.02. The van der Waals surface area contributed by atoms with Crippen molar-refractivity contribution in [1.29, 1.82) is 0 Å². The first-order valence-electron chi connectivity index (χ1n) is 8.60. The number of nitrogens with two attached hydrogens (primary N) is 1. The van der Waals surface area contributed by atoms with Gasteiger partial charge in [-0.05, 0) is 25.0 Å². The molecule has 2 aromatic rings. The second kappa shape index (κ2) is 5.91. The van der Waals surface area contributed by atoms with Crippen LogP contribution in [0.5, 0.6) is 0 Å². The molecule has 1 aliphatic carbocycles. The Kier molecular flexibility index (Phi) is 4.09. The number of hydrogen-bond donors (Lipinski definition) is 1. The first kappa shape index (κ1) is 15.9. The molecule has 0 spiro atoms. The van der Waals surface area contributed by atoms with E-state index in [2.05, 4.69) is 25.5 Å². The van der Waals surface area contributed by atoms with E-state index in [0.29, 0.717) is 5.69 Å². The van der Waals surface area contributed by atoms with Crippen LogP contribution in [0.4, 0.5) is 5.69 Å². The minimum atomic E-state index is -0.195. The first-order valence-corrected chi connectivity index (χ1v) is 8.60. The van der Waals surface area contributed by atoms with Crippen molar-refractivity contribution < 1.29 is 0 Å². The van der Waals surface area contributed by atoms with Gasteiger partial charge < -0.3 is 5.73 Å². The van der Waals surface area contributed by atoms with Crippen molar-refractivity contribution in [3.8, 4) is 5.69 Å². The summed E-state index contributed by atoms with van der Waals surface area (Å²) < 4.78 is 4.00. The summed E-state index contributed by atoms with van der Waals surface area (Å²) in [6.07, 6.45) is 5.74. The highest BCUT2D eigenvalue weighted by molar-refractivity contribution is 5.50. The van der Waals surface area contributed by atoms with Gasteiger partial charge in [0, 0.05) is 5.41 Å². The fraction of sp³-hybridized carbons (Fsp3) is 0.526. The molecule has 1 aromatic heterocycles. The lowest BCUT2D eigenvalue weighted by atomic mass is 9.91. The number of nitrogens with zero attached hydrogens (tertiary/aromatic N) is 2. The molecule has 0 saturated heterocycles. The standard InChI is InChI=1S/C19H27N3O/c1-19(2,3)17-16(20)18(23)22(15-12-8-5-9-13-15)21(17)14-10-6-4-7-11-14/h4,6-7,10-11,15H,5,8-9,12-13,20H2,1-3H3. The molecule has 0 radical (unpaired) electrons. The van der Waals surface area contributed by atoms with E-state index >= 15 is 0 Å². The highest BCUT2D eigenvalue weighted by Gasteiger charge is 2.31. The molecule has 0 aliphatic heterocycles. The summed E-state index contributed by atoms with van der Waals surface area (Å²) in [6, 6.07) is 10.4. The van der Waals surface area contributed by atoms with Crippen LogP contribution >= 0.6 is 0 Å². The number of nitrogen functional groups attached to an aromatic ring is 1. The second-order valence-corrected chi connectivity index (χ2v) is 7.60. The third kappa shape index (κ3) is 2.82. The van der Waals surface area contributed by atoms with Crippen LogP contribution in [0.3, 0.4) is 0 Å². The number of rotatable bonds is 2. The molecule has 23 heavy (non-hydrogen) atoms. The van der Waals surface area contributed by atoms with Gasteiger partial charge in [-0.2, -0.15) is 0 Å². The topological polar surface area (TPSA) is 53.0 Å². The lowest BCUT2D eigenvalue weighted by molar-refractivity contribution is 0.300. The van der Waals surface area contributed by atoms with Crippen molar-refractivity contribution in [3.05, 3.63) is 46.4 Å². The van der Waals surface area contributed by atoms with E-state index in [0.717, 1.165) is 24.2 Å². The molecule has 0 atom stereocenters. The SMILES string of the molecule is CC(C)(C)c1c(N)c(=O)n(C2CCCCC2)n1-c1ccccc1. The van der Waals surface area contributed by atoms with Crippen LogP contribution in [-0.4, -0.2) is 9.36 Å². The van der Waals surface area contributed by atoms with Crippen LogP contribution in [-0.2, 0) is 5.41 Å². The molecule has 0 unspecified atom stereocenters. The van der Waals surface area contributed by atoms with Gasteiger partial charge in [0.2, 0.25) is 0 Å². The van der Waals surface area contributed by atoms with Crippen LogP contribution < -0.4 is 11.3 Å². The van der Waals surface area contributed by atoms with Gasteiger partial charge in [-0.1, -0.05) is 58.2 Å². The summed E-state index contributed by atoms with van der Waals surface area (Å²) in [5, 5.41) is 0. The Hall–Kier alpha value is -1.97. The Labute approximate surface area is 137 Å². The first-order chi connectivity index (χ1) is 10.9. The largest absolute Gasteiger partial charge is 0.393 e. The van der Waals surface area contributed by atoms with Gasteiger partial charge in [-0.3, -0.25) is 9.48 Å². The molecule has 1 aliphatic rings. The molecule has 124 valence electrons. The van der Waals surface area contributed by atoms with Crippen molar-refractivity contribution in [2.75, 3.05) is 5.73 Å². The van der Waals surface area contributed by atoms with Crippen molar-refractivity contribution >= 4 is 5.69 Å². The van der Waals surface area contributed by atoms with Gasteiger partial charge in [0.05, 0.1) is 17.4 Å². The zero-order valence-electron chi connectivity index (χ0n) is 14.4. The Morgan fingerprint density at radius 3 is 2.22 bits per heavy atom. The van der Waals surface area contributed by atoms with E-state index in [1.807, 2.05) is 35.0 Å². The third-order valence-electron chi connectivity index (χ3n) is 4.75. The number of para-hydroxylation sites is 1. The molecule has 4 heteroatoms. The minimum Gasteiger partial charge on any atom is -0.393 e. The molecule has 1 fully saturated rings. The van der Waals surface area contributed by atoms with Gasteiger partial charge in [-0.25, -0.2) is 4.68 Å². The highest BCUT2D eigenvalue weighted by atomic mass is 16.1. The average molecular weight is 313 g/mol. The van der Waals surface area contributed by atoms with Crippen molar-refractivity contribution in [1.82, 2.24) is 9.36 Å². The molecular formula is C19H27N3O.